The lowest BCUT2D eigenvalue weighted by atomic mass is 9.86. The van der Waals surface area contributed by atoms with Crippen molar-refractivity contribution in [3.63, 3.8) is 0 Å². The third kappa shape index (κ3) is 3.07. The molecule has 2 rings (SSSR count). The monoisotopic (exact) mass is 250 g/mol. The standard InChI is InChI=1S/C14H19FN2O/c1-2-14(18)17-13-9-16-7-6-12(13)10-4-3-5-11(15)8-10/h3-5,8,12-13,16H,2,6-7,9H2,1H3,(H,17,18). The number of carbonyl (C=O) groups is 1. The number of nitrogens with one attached hydrogen (secondary N) is 2. The van der Waals surface area contributed by atoms with E-state index >= 15 is 0 Å². The molecular formula is C14H19FN2O. The van der Waals surface area contributed by atoms with E-state index < -0.39 is 0 Å². The van der Waals surface area contributed by atoms with Crippen LogP contribution in [0.15, 0.2) is 24.3 Å². The lowest BCUT2D eigenvalue weighted by Crippen LogP contribution is -2.49. The highest BCUT2D eigenvalue weighted by atomic mass is 19.1. The molecule has 1 aliphatic heterocycles. The number of halogens is 1. The van der Waals surface area contributed by atoms with E-state index in [0.29, 0.717) is 6.42 Å². The Balaban J connectivity index is 2.14. The zero-order valence-corrected chi connectivity index (χ0v) is 10.6. The fourth-order valence-corrected chi connectivity index (χ4v) is 2.46. The Morgan fingerprint density at radius 3 is 3.11 bits per heavy atom. The van der Waals surface area contributed by atoms with E-state index in [1.165, 1.54) is 6.07 Å². The van der Waals surface area contributed by atoms with Crippen molar-refractivity contribution >= 4 is 5.91 Å². The summed E-state index contributed by atoms with van der Waals surface area (Å²) in [5.41, 5.74) is 0.970. The first-order valence-electron chi connectivity index (χ1n) is 6.46. The largest absolute Gasteiger partial charge is 0.351 e. The minimum absolute atomic E-state index is 0.0464. The van der Waals surface area contributed by atoms with Gasteiger partial charge in [0, 0.05) is 24.9 Å². The highest BCUT2D eigenvalue weighted by Crippen LogP contribution is 2.26. The maximum Gasteiger partial charge on any atom is 0.219 e. The number of amides is 1. The third-order valence-electron chi connectivity index (χ3n) is 3.43. The lowest BCUT2D eigenvalue weighted by molar-refractivity contribution is -0.121. The van der Waals surface area contributed by atoms with Crippen molar-refractivity contribution in [2.45, 2.75) is 31.7 Å². The fraction of sp³-hybridized carbons (Fsp3) is 0.500. The van der Waals surface area contributed by atoms with Gasteiger partial charge in [0.15, 0.2) is 0 Å². The first kappa shape index (κ1) is 13.0. The highest BCUT2D eigenvalue weighted by Gasteiger charge is 2.27. The second-order valence-corrected chi connectivity index (χ2v) is 4.68. The van der Waals surface area contributed by atoms with Crippen LogP contribution in [0.25, 0.3) is 0 Å². The smallest absolute Gasteiger partial charge is 0.219 e. The topological polar surface area (TPSA) is 41.1 Å². The van der Waals surface area contributed by atoms with Crippen molar-refractivity contribution in [2.75, 3.05) is 13.1 Å². The Hall–Kier alpha value is -1.42. The predicted octanol–water partition coefficient (Wildman–Crippen LogP) is 1.80. The SMILES string of the molecule is CCC(=O)NC1CNCCC1c1cccc(F)c1. The first-order chi connectivity index (χ1) is 8.70. The summed E-state index contributed by atoms with van der Waals surface area (Å²) in [5, 5.41) is 6.28. The third-order valence-corrected chi connectivity index (χ3v) is 3.43. The summed E-state index contributed by atoms with van der Waals surface area (Å²) < 4.78 is 13.3. The number of benzene rings is 1. The molecule has 1 aromatic carbocycles. The predicted molar refractivity (Wildman–Crippen MR) is 68.8 cm³/mol. The van der Waals surface area contributed by atoms with Gasteiger partial charge in [0.25, 0.3) is 0 Å². The van der Waals surface area contributed by atoms with E-state index in [1.54, 1.807) is 12.1 Å². The minimum atomic E-state index is -0.216. The van der Waals surface area contributed by atoms with Crippen molar-refractivity contribution in [1.82, 2.24) is 10.6 Å². The summed E-state index contributed by atoms with van der Waals surface area (Å²) in [6.45, 7) is 3.48. The molecule has 0 radical (unpaired) electrons. The summed E-state index contributed by atoms with van der Waals surface area (Å²) >= 11 is 0. The number of hydrogen-bond acceptors (Lipinski definition) is 2. The molecular weight excluding hydrogens is 231 g/mol. The molecule has 2 N–H and O–H groups in total. The molecule has 0 aliphatic carbocycles. The molecule has 2 unspecified atom stereocenters. The minimum Gasteiger partial charge on any atom is -0.351 e. The molecule has 1 aromatic rings. The molecule has 0 bridgehead atoms. The highest BCUT2D eigenvalue weighted by molar-refractivity contribution is 5.76. The van der Waals surface area contributed by atoms with E-state index in [0.717, 1.165) is 25.1 Å². The maximum absolute atomic E-state index is 13.3. The van der Waals surface area contributed by atoms with Crippen LogP contribution in [0.4, 0.5) is 4.39 Å². The summed E-state index contributed by atoms with van der Waals surface area (Å²) in [6.07, 6.45) is 1.39. The molecule has 1 heterocycles. The zero-order chi connectivity index (χ0) is 13.0. The summed E-state index contributed by atoms with van der Waals surface area (Å²) in [7, 11) is 0. The van der Waals surface area contributed by atoms with Crippen LogP contribution in [-0.4, -0.2) is 25.0 Å². The van der Waals surface area contributed by atoms with Gasteiger partial charge in [-0.3, -0.25) is 4.79 Å². The average Bonchev–Trinajstić information content (AvgIpc) is 2.39. The number of carbonyl (C=O) groups excluding carboxylic acids is 1. The maximum atomic E-state index is 13.3. The molecule has 1 saturated heterocycles. The van der Waals surface area contributed by atoms with Gasteiger partial charge in [0.2, 0.25) is 5.91 Å². The van der Waals surface area contributed by atoms with Gasteiger partial charge in [-0.05, 0) is 30.7 Å². The summed E-state index contributed by atoms with van der Waals surface area (Å²) in [6, 6.07) is 6.73. The van der Waals surface area contributed by atoms with Crippen LogP contribution in [0, 0.1) is 5.82 Å². The van der Waals surface area contributed by atoms with E-state index in [4.69, 9.17) is 0 Å². The van der Waals surface area contributed by atoms with Crippen molar-refractivity contribution in [3.05, 3.63) is 35.6 Å². The van der Waals surface area contributed by atoms with Crippen LogP contribution in [-0.2, 0) is 4.79 Å². The van der Waals surface area contributed by atoms with Gasteiger partial charge in [0.05, 0.1) is 0 Å². The van der Waals surface area contributed by atoms with Crippen LogP contribution in [0.3, 0.4) is 0 Å². The molecule has 18 heavy (non-hydrogen) atoms. The van der Waals surface area contributed by atoms with Crippen molar-refractivity contribution in [3.8, 4) is 0 Å². The van der Waals surface area contributed by atoms with Crippen LogP contribution < -0.4 is 10.6 Å². The number of rotatable bonds is 3. The molecule has 1 fully saturated rings. The second kappa shape index (κ2) is 5.96. The summed E-state index contributed by atoms with van der Waals surface area (Å²) in [4.78, 5) is 11.5. The van der Waals surface area contributed by atoms with Crippen LogP contribution in [0.1, 0.15) is 31.2 Å². The average molecular weight is 250 g/mol. The van der Waals surface area contributed by atoms with E-state index in [-0.39, 0.29) is 23.7 Å². The van der Waals surface area contributed by atoms with Crippen LogP contribution in [0.2, 0.25) is 0 Å². The Morgan fingerprint density at radius 2 is 2.39 bits per heavy atom. The van der Waals surface area contributed by atoms with E-state index in [1.807, 2.05) is 13.0 Å². The Morgan fingerprint density at radius 1 is 1.56 bits per heavy atom. The van der Waals surface area contributed by atoms with Crippen molar-refractivity contribution in [2.24, 2.45) is 0 Å². The van der Waals surface area contributed by atoms with Crippen LogP contribution >= 0.6 is 0 Å². The molecule has 98 valence electrons. The molecule has 0 saturated carbocycles. The molecule has 1 aliphatic rings. The van der Waals surface area contributed by atoms with E-state index in [2.05, 4.69) is 10.6 Å². The van der Waals surface area contributed by atoms with Crippen molar-refractivity contribution in [1.29, 1.82) is 0 Å². The van der Waals surface area contributed by atoms with Gasteiger partial charge in [-0.1, -0.05) is 19.1 Å². The fourth-order valence-electron chi connectivity index (χ4n) is 2.46. The normalized spacial score (nSPS) is 23.7. The quantitative estimate of drug-likeness (QED) is 0.859. The molecule has 4 heteroatoms. The zero-order valence-electron chi connectivity index (χ0n) is 10.6. The Bertz CT molecular complexity index is 422. The van der Waals surface area contributed by atoms with Crippen molar-refractivity contribution < 1.29 is 9.18 Å². The number of piperidine rings is 1. The molecule has 2 atom stereocenters. The van der Waals surface area contributed by atoms with Gasteiger partial charge in [0.1, 0.15) is 5.82 Å². The van der Waals surface area contributed by atoms with E-state index in [9.17, 15) is 9.18 Å². The molecule has 0 spiro atoms. The molecule has 0 aromatic heterocycles. The van der Waals surface area contributed by atoms with Gasteiger partial charge >= 0.3 is 0 Å². The Kier molecular flexibility index (Phi) is 4.31. The van der Waals surface area contributed by atoms with Crippen LogP contribution in [0.5, 0.6) is 0 Å². The van der Waals surface area contributed by atoms with Gasteiger partial charge in [-0.2, -0.15) is 0 Å². The first-order valence-corrected chi connectivity index (χ1v) is 6.46. The molecule has 1 amide bonds. The van der Waals surface area contributed by atoms with Gasteiger partial charge in [-0.15, -0.1) is 0 Å². The number of hydrogen-bond donors (Lipinski definition) is 2. The molecule has 3 nitrogen and oxygen atoms in total. The second-order valence-electron chi connectivity index (χ2n) is 4.68. The lowest BCUT2D eigenvalue weighted by Gasteiger charge is -2.33. The summed E-state index contributed by atoms with van der Waals surface area (Å²) in [5.74, 6) is 0.0224. The van der Waals surface area contributed by atoms with Gasteiger partial charge < -0.3 is 10.6 Å². The van der Waals surface area contributed by atoms with Gasteiger partial charge in [-0.25, -0.2) is 4.39 Å². The Labute approximate surface area is 107 Å².